The fourth-order valence-electron chi connectivity index (χ4n) is 1.81. The van der Waals surface area contributed by atoms with Gasteiger partial charge in [0.25, 0.3) is 0 Å². The molecule has 17 heavy (non-hydrogen) atoms. The molecule has 0 aliphatic carbocycles. The number of nitrogen functional groups attached to an aromatic ring is 1. The van der Waals surface area contributed by atoms with Crippen LogP contribution in [0, 0.1) is 10.1 Å². The Morgan fingerprint density at radius 3 is 3.00 bits per heavy atom. The Labute approximate surface area is 103 Å². The monoisotopic (exact) mass is 254 g/mol. The van der Waals surface area contributed by atoms with Crippen LogP contribution >= 0.6 is 11.8 Å². The van der Waals surface area contributed by atoms with Crippen LogP contribution in [0.2, 0.25) is 0 Å². The van der Waals surface area contributed by atoms with Crippen molar-refractivity contribution < 1.29 is 4.92 Å². The zero-order valence-corrected chi connectivity index (χ0v) is 10.3. The van der Waals surface area contributed by atoms with Gasteiger partial charge in [-0.2, -0.15) is 11.8 Å². The Hall–Kier alpha value is -1.50. The Morgan fingerprint density at radius 1 is 1.65 bits per heavy atom. The summed E-state index contributed by atoms with van der Waals surface area (Å²) in [4.78, 5) is 16.3. The van der Waals surface area contributed by atoms with Crippen LogP contribution in [-0.2, 0) is 0 Å². The van der Waals surface area contributed by atoms with Gasteiger partial charge in [-0.05, 0) is 6.07 Å². The number of aromatic nitrogens is 1. The van der Waals surface area contributed by atoms with Gasteiger partial charge in [-0.3, -0.25) is 10.1 Å². The van der Waals surface area contributed by atoms with Crippen LogP contribution in [0.25, 0.3) is 0 Å². The molecule has 1 aromatic heterocycles. The number of rotatable bonds is 2. The third-order valence-electron chi connectivity index (χ3n) is 2.65. The lowest BCUT2D eigenvalue weighted by molar-refractivity contribution is -0.384. The molecule has 1 aliphatic rings. The highest BCUT2D eigenvalue weighted by Gasteiger charge is 2.20. The van der Waals surface area contributed by atoms with Gasteiger partial charge < -0.3 is 10.6 Å². The Morgan fingerprint density at radius 2 is 2.41 bits per heavy atom. The molecule has 0 spiro atoms. The van der Waals surface area contributed by atoms with Gasteiger partial charge in [0.05, 0.1) is 4.92 Å². The highest BCUT2D eigenvalue weighted by Crippen LogP contribution is 2.26. The van der Waals surface area contributed by atoms with E-state index in [-0.39, 0.29) is 11.5 Å². The minimum Gasteiger partial charge on any atom is -0.378 e. The predicted molar refractivity (Wildman–Crippen MR) is 69.4 cm³/mol. The fourth-order valence-corrected chi connectivity index (χ4v) is 2.83. The molecule has 1 atom stereocenters. The van der Waals surface area contributed by atoms with E-state index in [0.717, 1.165) is 24.7 Å². The predicted octanol–water partition coefficient (Wildman–Crippen LogP) is 1.51. The minimum absolute atomic E-state index is 0.0154. The first kappa shape index (κ1) is 12.0. The quantitative estimate of drug-likeness (QED) is 0.636. The maximum absolute atomic E-state index is 10.6. The van der Waals surface area contributed by atoms with Crippen molar-refractivity contribution in [2.75, 3.05) is 29.5 Å². The second kappa shape index (κ2) is 4.79. The van der Waals surface area contributed by atoms with E-state index in [1.807, 2.05) is 11.8 Å². The molecular formula is C10H14N4O2S. The molecule has 0 aromatic carbocycles. The lowest BCUT2D eigenvalue weighted by Gasteiger charge is -2.31. The SMILES string of the molecule is CC1CN(c2ccc([N+](=O)[O-])c(N)n2)CCS1. The van der Waals surface area contributed by atoms with E-state index in [9.17, 15) is 10.1 Å². The first-order chi connectivity index (χ1) is 8.08. The molecular weight excluding hydrogens is 240 g/mol. The second-order valence-corrected chi connectivity index (χ2v) is 5.50. The summed E-state index contributed by atoms with van der Waals surface area (Å²) in [5, 5.41) is 11.2. The standard InChI is InChI=1S/C10H14N4O2S/c1-7-6-13(4-5-17-7)9-3-2-8(14(15)16)10(11)12-9/h2-3,7H,4-6H2,1H3,(H2,11,12). The molecule has 1 aromatic rings. The summed E-state index contributed by atoms with van der Waals surface area (Å²) in [5.41, 5.74) is 5.45. The van der Waals surface area contributed by atoms with Gasteiger partial charge in [0.2, 0.25) is 5.82 Å². The smallest absolute Gasteiger partial charge is 0.311 e. The van der Waals surface area contributed by atoms with Crippen LogP contribution in [-0.4, -0.2) is 34.0 Å². The highest BCUT2D eigenvalue weighted by molar-refractivity contribution is 8.00. The molecule has 1 aliphatic heterocycles. The Balaban J connectivity index is 2.22. The van der Waals surface area contributed by atoms with E-state index in [1.165, 1.54) is 6.07 Å². The topological polar surface area (TPSA) is 85.3 Å². The third kappa shape index (κ3) is 2.60. The first-order valence-corrected chi connectivity index (χ1v) is 6.40. The van der Waals surface area contributed by atoms with Crippen LogP contribution in [0.15, 0.2) is 12.1 Å². The summed E-state index contributed by atoms with van der Waals surface area (Å²) >= 11 is 1.92. The van der Waals surface area contributed by atoms with E-state index in [2.05, 4.69) is 16.8 Å². The minimum atomic E-state index is -0.513. The number of pyridine rings is 1. The van der Waals surface area contributed by atoms with E-state index < -0.39 is 4.92 Å². The Kier molecular flexibility index (Phi) is 3.37. The maximum Gasteiger partial charge on any atom is 0.311 e. The summed E-state index contributed by atoms with van der Waals surface area (Å²) in [7, 11) is 0. The van der Waals surface area contributed by atoms with Crippen molar-refractivity contribution in [2.24, 2.45) is 0 Å². The molecule has 1 saturated heterocycles. The van der Waals surface area contributed by atoms with Crippen LogP contribution in [0.4, 0.5) is 17.3 Å². The van der Waals surface area contributed by atoms with E-state index in [4.69, 9.17) is 5.73 Å². The van der Waals surface area contributed by atoms with E-state index in [1.54, 1.807) is 6.07 Å². The van der Waals surface area contributed by atoms with Crippen LogP contribution in [0.5, 0.6) is 0 Å². The van der Waals surface area contributed by atoms with Crippen molar-refractivity contribution in [3.63, 3.8) is 0 Å². The van der Waals surface area contributed by atoms with Crippen molar-refractivity contribution in [3.05, 3.63) is 22.2 Å². The molecule has 0 radical (unpaired) electrons. The number of hydrogen-bond donors (Lipinski definition) is 1. The summed E-state index contributed by atoms with van der Waals surface area (Å²) < 4.78 is 0. The number of hydrogen-bond acceptors (Lipinski definition) is 6. The molecule has 1 fully saturated rings. The van der Waals surface area contributed by atoms with Crippen LogP contribution in [0.1, 0.15) is 6.92 Å². The van der Waals surface area contributed by atoms with Gasteiger partial charge in [-0.15, -0.1) is 0 Å². The van der Waals surface area contributed by atoms with Gasteiger partial charge in [0, 0.05) is 30.2 Å². The molecule has 2 rings (SSSR count). The lowest BCUT2D eigenvalue weighted by atomic mass is 10.3. The Bertz CT molecular complexity index is 440. The molecule has 6 nitrogen and oxygen atoms in total. The molecule has 0 bridgehead atoms. The van der Waals surface area contributed by atoms with Crippen molar-refractivity contribution >= 4 is 29.1 Å². The molecule has 1 unspecified atom stereocenters. The number of nitrogens with zero attached hydrogens (tertiary/aromatic N) is 3. The average Bonchev–Trinajstić information content (AvgIpc) is 2.28. The highest BCUT2D eigenvalue weighted by atomic mass is 32.2. The average molecular weight is 254 g/mol. The lowest BCUT2D eigenvalue weighted by Crippen LogP contribution is -2.37. The maximum atomic E-state index is 10.6. The second-order valence-electron chi connectivity index (χ2n) is 3.96. The van der Waals surface area contributed by atoms with Crippen molar-refractivity contribution in [1.29, 1.82) is 0 Å². The molecule has 0 amide bonds. The van der Waals surface area contributed by atoms with Crippen molar-refractivity contribution in [2.45, 2.75) is 12.2 Å². The molecule has 7 heteroatoms. The number of thioether (sulfide) groups is 1. The zero-order chi connectivity index (χ0) is 12.4. The van der Waals surface area contributed by atoms with Gasteiger partial charge in [-0.1, -0.05) is 6.92 Å². The van der Waals surface area contributed by atoms with Crippen LogP contribution < -0.4 is 10.6 Å². The molecule has 2 heterocycles. The van der Waals surface area contributed by atoms with Crippen molar-refractivity contribution in [3.8, 4) is 0 Å². The summed E-state index contributed by atoms with van der Waals surface area (Å²) in [6.07, 6.45) is 0. The number of nitrogens with two attached hydrogens (primary N) is 1. The van der Waals surface area contributed by atoms with Gasteiger partial charge in [0.1, 0.15) is 5.82 Å². The van der Waals surface area contributed by atoms with Crippen molar-refractivity contribution in [1.82, 2.24) is 4.98 Å². The summed E-state index contributed by atoms with van der Waals surface area (Å²) in [6, 6.07) is 3.08. The summed E-state index contributed by atoms with van der Waals surface area (Å²) in [5.74, 6) is 1.75. The number of anilines is 2. The van der Waals surface area contributed by atoms with Gasteiger partial charge >= 0.3 is 5.69 Å². The molecule has 0 saturated carbocycles. The third-order valence-corrected chi connectivity index (χ3v) is 3.79. The van der Waals surface area contributed by atoms with E-state index >= 15 is 0 Å². The van der Waals surface area contributed by atoms with Gasteiger partial charge in [-0.25, -0.2) is 4.98 Å². The zero-order valence-electron chi connectivity index (χ0n) is 9.50. The first-order valence-electron chi connectivity index (χ1n) is 5.35. The molecule has 2 N–H and O–H groups in total. The fraction of sp³-hybridized carbons (Fsp3) is 0.500. The summed E-state index contributed by atoms with van der Waals surface area (Å²) in [6.45, 7) is 3.96. The van der Waals surface area contributed by atoms with E-state index in [0.29, 0.717) is 5.25 Å². The van der Waals surface area contributed by atoms with Gasteiger partial charge in [0.15, 0.2) is 0 Å². The number of nitro groups is 1. The largest absolute Gasteiger partial charge is 0.378 e. The normalized spacial score (nSPS) is 20.3. The molecule has 92 valence electrons. The van der Waals surface area contributed by atoms with Crippen LogP contribution in [0.3, 0.4) is 0 Å².